The third-order valence-electron chi connectivity index (χ3n) is 4.99. The van der Waals surface area contributed by atoms with Gasteiger partial charge in [-0.3, -0.25) is 9.59 Å². The minimum Gasteiger partial charge on any atom is -0.495 e. The minimum absolute atomic E-state index is 0.273. The van der Waals surface area contributed by atoms with Crippen LogP contribution in [-0.4, -0.2) is 18.9 Å². The van der Waals surface area contributed by atoms with Gasteiger partial charge in [-0.1, -0.05) is 36.7 Å². The van der Waals surface area contributed by atoms with E-state index in [0.717, 1.165) is 23.2 Å². The number of halogens is 1. The molecule has 0 aromatic heterocycles. The molecule has 0 heterocycles. The average Bonchev–Trinajstić information content (AvgIpc) is 3.47. The first-order chi connectivity index (χ1) is 12.9. The zero-order chi connectivity index (χ0) is 19.6. The summed E-state index contributed by atoms with van der Waals surface area (Å²) in [6.45, 7) is 3.87. The first-order valence-electron chi connectivity index (χ1n) is 8.96. The predicted molar refractivity (Wildman–Crippen MR) is 107 cm³/mol. The standard InChI is InChI=1S/C21H23ClN2O3/c1-4-14-7-5-6-8-16(14)23-19(25)21(9-10-21)20(26)24-17-11-13(2)15(22)12-18(17)27-3/h5-8,11-12H,4,9-10H2,1-3H3,(H,23,25)(H,24,26). The van der Waals surface area contributed by atoms with E-state index in [2.05, 4.69) is 10.6 Å². The van der Waals surface area contributed by atoms with Crippen molar-refractivity contribution < 1.29 is 14.3 Å². The maximum Gasteiger partial charge on any atom is 0.240 e. The first kappa shape index (κ1) is 19.2. The highest BCUT2D eigenvalue weighted by atomic mass is 35.5. The summed E-state index contributed by atoms with van der Waals surface area (Å²) in [7, 11) is 1.51. The Balaban J connectivity index is 1.79. The molecule has 1 saturated carbocycles. The van der Waals surface area contributed by atoms with Gasteiger partial charge in [-0.05, 0) is 49.4 Å². The summed E-state index contributed by atoms with van der Waals surface area (Å²) >= 11 is 6.12. The van der Waals surface area contributed by atoms with E-state index in [1.165, 1.54) is 7.11 Å². The lowest BCUT2D eigenvalue weighted by molar-refractivity contribution is -0.131. The normalized spacial score (nSPS) is 14.4. The van der Waals surface area contributed by atoms with Gasteiger partial charge in [0.2, 0.25) is 11.8 Å². The van der Waals surface area contributed by atoms with Crippen LogP contribution in [0.2, 0.25) is 5.02 Å². The molecule has 3 rings (SSSR count). The Morgan fingerprint density at radius 3 is 2.33 bits per heavy atom. The van der Waals surface area contributed by atoms with E-state index in [4.69, 9.17) is 16.3 Å². The molecule has 0 aliphatic heterocycles. The lowest BCUT2D eigenvalue weighted by atomic mass is 10.0. The van der Waals surface area contributed by atoms with Crippen molar-refractivity contribution in [1.82, 2.24) is 0 Å². The van der Waals surface area contributed by atoms with Crippen LogP contribution >= 0.6 is 11.6 Å². The quantitative estimate of drug-likeness (QED) is 0.714. The Kier molecular flexibility index (Phi) is 5.42. The predicted octanol–water partition coefficient (Wildman–Crippen LogP) is 4.58. The number of carbonyl (C=O) groups is 2. The summed E-state index contributed by atoms with van der Waals surface area (Å²) in [6, 6.07) is 11.0. The molecule has 1 fully saturated rings. The SMILES string of the molecule is CCc1ccccc1NC(=O)C1(C(=O)Nc2cc(C)c(Cl)cc2OC)CC1. The molecule has 6 heteroatoms. The van der Waals surface area contributed by atoms with E-state index < -0.39 is 5.41 Å². The fourth-order valence-electron chi connectivity index (χ4n) is 3.05. The van der Waals surface area contributed by atoms with E-state index in [0.29, 0.717) is 29.3 Å². The van der Waals surface area contributed by atoms with Crippen molar-refractivity contribution in [3.05, 3.63) is 52.5 Å². The van der Waals surface area contributed by atoms with E-state index in [-0.39, 0.29) is 11.8 Å². The van der Waals surface area contributed by atoms with Crippen LogP contribution < -0.4 is 15.4 Å². The fourth-order valence-corrected chi connectivity index (χ4v) is 3.20. The number of nitrogens with one attached hydrogen (secondary N) is 2. The molecular formula is C21H23ClN2O3. The molecule has 2 N–H and O–H groups in total. The number of ether oxygens (including phenoxy) is 1. The van der Waals surface area contributed by atoms with E-state index >= 15 is 0 Å². The van der Waals surface area contributed by atoms with Gasteiger partial charge in [-0.25, -0.2) is 0 Å². The van der Waals surface area contributed by atoms with Gasteiger partial charge in [-0.15, -0.1) is 0 Å². The monoisotopic (exact) mass is 386 g/mol. The minimum atomic E-state index is -1.04. The lowest BCUT2D eigenvalue weighted by Crippen LogP contribution is -2.36. The molecule has 2 aromatic carbocycles. The zero-order valence-electron chi connectivity index (χ0n) is 15.7. The molecule has 142 valence electrons. The van der Waals surface area contributed by atoms with E-state index in [1.54, 1.807) is 12.1 Å². The number of hydrogen-bond donors (Lipinski definition) is 2. The van der Waals surface area contributed by atoms with Crippen LogP contribution in [0.25, 0.3) is 0 Å². The Bertz CT molecular complexity index is 891. The van der Waals surface area contributed by atoms with E-state index in [1.807, 2.05) is 38.1 Å². The van der Waals surface area contributed by atoms with Crippen LogP contribution in [0.5, 0.6) is 5.75 Å². The molecule has 1 aliphatic rings. The Morgan fingerprint density at radius 2 is 1.74 bits per heavy atom. The fraction of sp³-hybridized carbons (Fsp3) is 0.333. The van der Waals surface area contributed by atoms with Gasteiger partial charge in [0.05, 0.1) is 12.8 Å². The largest absolute Gasteiger partial charge is 0.495 e. The second-order valence-corrected chi connectivity index (χ2v) is 7.21. The summed E-state index contributed by atoms with van der Waals surface area (Å²) in [5, 5.41) is 6.33. The molecule has 1 aliphatic carbocycles. The highest BCUT2D eigenvalue weighted by molar-refractivity contribution is 6.31. The van der Waals surface area contributed by atoms with Gasteiger partial charge in [0.1, 0.15) is 11.2 Å². The summed E-state index contributed by atoms with van der Waals surface area (Å²) in [4.78, 5) is 25.7. The van der Waals surface area contributed by atoms with Crippen LogP contribution in [-0.2, 0) is 16.0 Å². The number of para-hydroxylation sites is 1. The molecule has 0 unspecified atom stereocenters. The highest BCUT2D eigenvalue weighted by Gasteiger charge is 2.56. The molecule has 27 heavy (non-hydrogen) atoms. The van der Waals surface area contributed by atoms with Crippen molar-refractivity contribution in [2.24, 2.45) is 5.41 Å². The van der Waals surface area contributed by atoms with Crippen LogP contribution in [0.1, 0.15) is 30.9 Å². The Morgan fingerprint density at radius 1 is 1.11 bits per heavy atom. The number of carbonyl (C=O) groups excluding carboxylic acids is 2. The van der Waals surface area contributed by atoms with Gasteiger partial charge >= 0.3 is 0 Å². The summed E-state index contributed by atoms with van der Waals surface area (Å²) < 4.78 is 5.30. The van der Waals surface area contributed by atoms with Crippen LogP contribution in [0.4, 0.5) is 11.4 Å². The molecule has 5 nitrogen and oxygen atoms in total. The molecule has 0 spiro atoms. The highest BCUT2D eigenvalue weighted by Crippen LogP contribution is 2.48. The number of methoxy groups -OCH3 is 1. The third-order valence-corrected chi connectivity index (χ3v) is 5.40. The van der Waals surface area contributed by atoms with Crippen molar-refractivity contribution in [2.75, 3.05) is 17.7 Å². The average molecular weight is 387 g/mol. The third kappa shape index (κ3) is 3.78. The number of rotatable bonds is 6. The number of benzene rings is 2. The summed E-state index contributed by atoms with van der Waals surface area (Å²) in [6.07, 6.45) is 1.85. The molecule has 0 atom stereocenters. The van der Waals surface area contributed by atoms with Crippen LogP contribution in [0.15, 0.2) is 36.4 Å². The first-order valence-corrected chi connectivity index (χ1v) is 9.34. The molecule has 0 saturated heterocycles. The number of hydrogen-bond acceptors (Lipinski definition) is 3. The molecule has 2 amide bonds. The van der Waals surface area contributed by atoms with Crippen LogP contribution in [0.3, 0.4) is 0 Å². The van der Waals surface area contributed by atoms with Crippen molar-refractivity contribution >= 4 is 34.8 Å². The van der Waals surface area contributed by atoms with Crippen molar-refractivity contribution in [2.45, 2.75) is 33.1 Å². The topological polar surface area (TPSA) is 67.4 Å². The van der Waals surface area contributed by atoms with Gasteiger partial charge in [-0.2, -0.15) is 0 Å². The molecule has 0 bridgehead atoms. The summed E-state index contributed by atoms with van der Waals surface area (Å²) in [5.41, 5.74) is 2.08. The van der Waals surface area contributed by atoms with Crippen LogP contribution in [0, 0.1) is 12.3 Å². The number of aryl methyl sites for hydroxylation is 2. The maximum absolute atomic E-state index is 12.9. The zero-order valence-corrected chi connectivity index (χ0v) is 16.4. The van der Waals surface area contributed by atoms with Gasteiger partial charge in [0, 0.05) is 16.8 Å². The number of amides is 2. The van der Waals surface area contributed by atoms with Crippen molar-refractivity contribution in [1.29, 1.82) is 0 Å². The maximum atomic E-state index is 12.9. The second-order valence-electron chi connectivity index (χ2n) is 6.80. The van der Waals surface area contributed by atoms with Gasteiger partial charge < -0.3 is 15.4 Å². The lowest BCUT2D eigenvalue weighted by Gasteiger charge is -2.18. The van der Waals surface area contributed by atoms with Gasteiger partial charge in [0.25, 0.3) is 0 Å². The smallest absolute Gasteiger partial charge is 0.240 e. The molecule has 2 aromatic rings. The van der Waals surface area contributed by atoms with Gasteiger partial charge in [0.15, 0.2) is 0 Å². The van der Waals surface area contributed by atoms with Crippen molar-refractivity contribution in [3.8, 4) is 5.75 Å². The van der Waals surface area contributed by atoms with Crippen molar-refractivity contribution in [3.63, 3.8) is 0 Å². The summed E-state index contributed by atoms with van der Waals surface area (Å²) in [5.74, 6) is -0.133. The Labute approximate surface area is 164 Å². The van der Waals surface area contributed by atoms with E-state index in [9.17, 15) is 9.59 Å². The number of anilines is 2. The second kappa shape index (κ2) is 7.61. The molecule has 0 radical (unpaired) electrons. The molecular weight excluding hydrogens is 364 g/mol. The Hall–Kier alpha value is -2.53.